The molecule has 0 aromatic carbocycles. The number of rotatable bonds is 2. The lowest BCUT2D eigenvalue weighted by Crippen LogP contribution is -2.28. The highest BCUT2D eigenvalue weighted by Gasteiger charge is 2.15. The number of halogens is 1. The van der Waals surface area contributed by atoms with Crippen LogP contribution in [0.3, 0.4) is 0 Å². The maximum absolute atomic E-state index is 5.68. The van der Waals surface area contributed by atoms with Crippen LogP contribution in [0.4, 0.5) is 0 Å². The lowest BCUT2D eigenvalue weighted by atomic mass is 10.2. The van der Waals surface area contributed by atoms with E-state index >= 15 is 0 Å². The smallest absolute Gasteiger partial charge is 0.155 e. The first-order valence-electron chi connectivity index (χ1n) is 4.57. The van der Waals surface area contributed by atoms with Crippen LogP contribution in [0.1, 0.15) is 12.8 Å². The molecular formula is C9H11ClN2O2. The van der Waals surface area contributed by atoms with Crippen molar-refractivity contribution >= 4 is 11.6 Å². The molecule has 2 rings (SSSR count). The summed E-state index contributed by atoms with van der Waals surface area (Å²) < 4.78 is 10.9. The van der Waals surface area contributed by atoms with E-state index in [1.807, 2.05) is 0 Å². The summed E-state index contributed by atoms with van der Waals surface area (Å²) in [6.07, 6.45) is 3.72. The summed E-state index contributed by atoms with van der Waals surface area (Å²) in [6, 6.07) is 1.66. The second-order valence-corrected chi connectivity index (χ2v) is 3.56. The van der Waals surface area contributed by atoms with Crippen molar-refractivity contribution in [1.29, 1.82) is 0 Å². The second-order valence-electron chi connectivity index (χ2n) is 3.17. The third-order valence-electron chi connectivity index (χ3n) is 2.02. The summed E-state index contributed by atoms with van der Waals surface area (Å²) in [5.41, 5.74) is 0. The Balaban J connectivity index is 1.95. The SMILES string of the molecule is Clc1cc(O[C@@H]2CCCOC2)cnn1. The van der Waals surface area contributed by atoms with Crippen LogP contribution in [0.5, 0.6) is 5.75 Å². The van der Waals surface area contributed by atoms with Crippen molar-refractivity contribution in [3.8, 4) is 5.75 Å². The van der Waals surface area contributed by atoms with Crippen LogP contribution in [-0.4, -0.2) is 29.5 Å². The largest absolute Gasteiger partial charge is 0.486 e. The predicted octanol–water partition coefficient (Wildman–Crippen LogP) is 1.69. The first kappa shape index (κ1) is 9.68. The Morgan fingerprint density at radius 2 is 2.50 bits per heavy atom. The Bertz CT molecular complexity index is 303. The van der Waals surface area contributed by atoms with Gasteiger partial charge in [-0.1, -0.05) is 11.6 Å². The molecule has 0 aliphatic carbocycles. The van der Waals surface area contributed by atoms with Gasteiger partial charge in [0, 0.05) is 12.7 Å². The average Bonchev–Trinajstić information content (AvgIpc) is 2.19. The van der Waals surface area contributed by atoms with Gasteiger partial charge in [0.25, 0.3) is 0 Å². The molecular weight excluding hydrogens is 204 g/mol. The van der Waals surface area contributed by atoms with Crippen LogP contribution in [-0.2, 0) is 4.74 Å². The van der Waals surface area contributed by atoms with E-state index in [4.69, 9.17) is 21.1 Å². The molecule has 0 radical (unpaired) electrons. The van der Waals surface area contributed by atoms with Crippen molar-refractivity contribution in [1.82, 2.24) is 10.2 Å². The monoisotopic (exact) mass is 214 g/mol. The average molecular weight is 215 g/mol. The molecule has 0 N–H and O–H groups in total. The highest BCUT2D eigenvalue weighted by Crippen LogP contribution is 2.18. The highest BCUT2D eigenvalue weighted by atomic mass is 35.5. The first-order valence-corrected chi connectivity index (χ1v) is 4.95. The van der Waals surface area contributed by atoms with Crippen LogP contribution >= 0.6 is 11.6 Å². The molecule has 4 nitrogen and oxygen atoms in total. The lowest BCUT2D eigenvalue weighted by molar-refractivity contribution is 0.00722. The zero-order valence-electron chi connectivity index (χ0n) is 7.65. The Hall–Kier alpha value is -0.870. The molecule has 0 unspecified atom stereocenters. The van der Waals surface area contributed by atoms with Crippen LogP contribution in [0.25, 0.3) is 0 Å². The van der Waals surface area contributed by atoms with Gasteiger partial charge in [-0.2, -0.15) is 5.10 Å². The van der Waals surface area contributed by atoms with Gasteiger partial charge in [0.15, 0.2) is 5.15 Å². The van der Waals surface area contributed by atoms with Crippen LogP contribution < -0.4 is 4.74 Å². The van der Waals surface area contributed by atoms with E-state index in [9.17, 15) is 0 Å². The molecule has 1 aliphatic heterocycles. The number of hydrogen-bond acceptors (Lipinski definition) is 4. The van der Waals surface area contributed by atoms with Gasteiger partial charge in [-0.3, -0.25) is 0 Å². The van der Waals surface area contributed by atoms with Gasteiger partial charge in [-0.05, 0) is 12.8 Å². The van der Waals surface area contributed by atoms with Crippen molar-refractivity contribution in [3.05, 3.63) is 17.4 Å². The zero-order chi connectivity index (χ0) is 9.80. The van der Waals surface area contributed by atoms with Gasteiger partial charge in [-0.25, -0.2) is 0 Å². The maximum atomic E-state index is 5.68. The number of nitrogens with zero attached hydrogens (tertiary/aromatic N) is 2. The van der Waals surface area contributed by atoms with Crippen molar-refractivity contribution in [2.75, 3.05) is 13.2 Å². The summed E-state index contributed by atoms with van der Waals surface area (Å²) in [5, 5.41) is 7.69. The third-order valence-corrected chi connectivity index (χ3v) is 2.21. The fraction of sp³-hybridized carbons (Fsp3) is 0.556. The van der Waals surface area contributed by atoms with Gasteiger partial charge < -0.3 is 9.47 Å². The topological polar surface area (TPSA) is 44.2 Å². The number of ether oxygens (including phenoxy) is 2. The predicted molar refractivity (Wildman–Crippen MR) is 51.5 cm³/mol. The van der Waals surface area contributed by atoms with Crippen molar-refractivity contribution in [3.63, 3.8) is 0 Å². The first-order chi connectivity index (χ1) is 6.84. The van der Waals surface area contributed by atoms with Crippen LogP contribution in [0.2, 0.25) is 5.15 Å². The minimum absolute atomic E-state index is 0.115. The van der Waals surface area contributed by atoms with Crippen LogP contribution in [0.15, 0.2) is 12.3 Å². The molecule has 1 fully saturated rings. The Morgan fingerprint density at radius 3 is 3.21 bits per heavy atom. The molecule has 14 heavy (non-hydrogen) atoms. The van der Waals surface area contributed by atoms with Gasteiger partial charge in [0.05, 0.1) is 12.8 Å². The van der Waals surface area contributed by atoms with Gasteiger partial charge in [0.2, 0.25) is 0 Å². The fourth-order valence-electron chi connectivity index (χ4n) is 1.39. The van der Waals surface area contributed by atoms with E-state index in [1.165, 1.54) is 0 Å². The minimum Gasteiger partial charge on any atom is -0.486 e. The summed E-state index contributed by atoms with van der Waals surface area (Å²) in [5.74, 6) is 0.653. The lowest BCUT2D eigenvalue weighted by Gasteiger charge is -2.22. The number of aromatic nitrogens is 2. The molecule has 2 heterocycles. The van der Waals surface area contributed by atoms with E-state index in [2.05, 4.69) is 10.2 Å². The van der Waals surface area contributed by atoms with Gasteiger partial charge in [-0.15, -0.1) is 5.10 Å². The van der Waals surface area contributed by atoms with Crippen molar-refractivity contribution < 1.29 is 9.47 Å². The molecule has 0 bridgehead atoms. The molecule has 0 saturated carbocycles. The zero-order valence-corrected chi connectivity index (χ0v) is 8.41. The summed E-state index contributed by atoms with van der Waals surface area (Å²) in [4.78, 5) is 0. The summed E-state index contributed by atoms with van der Waals surface area (Å²) >= 11 is 5.68. The molecule has 0 amide bonds. The normalized spacial score (nSPS) is 21.9. The maximum Gasteiger partial charge on any atom is 0.155 e. The molecule has 1 saturated heterocycles. The molecule has 1 atom stereocenters. The van der Waals surface area contributed by atoms with E-state index < -0.39 is 0 Å². The van der Waals surface area contributed by atoms with Gasteiger partial charge >= 0.3 is 0 Å². The minimum atomic E-state index is 0.115. The van der Waals surface area contributed by atoms with E-state index in [1.54, 1.807) is 12.3 Å². The van der Waals surface area contributed by atoms with Crippen molar-refractivity contribution in [2.45, 2.75) is 18.9 Å². The van der Waals surface area contributed by atoms with E-state index in [0.717, 1.165) is 19.4 Å². The van der Waals surface area contributed by atoms with Crippen molar-refractivity contribution in [2.24, 2.45) is 0 Å². The van der Waals surface area contributed by atoms with Gasteiger partial charge in [0.1, 0.15) is 11.9 Å². The van der Waals surface area contributed by atoms with E-state index in [-0.39, 0.29) is 6.10 Å². The summed E-state index contributed by atoms with van der Waals surface area (Å²) in [6.45, 7) is 1.47. The molecule has 1 aromatic rings. The molecule has 0 spiro atoms. The Labute approximate surface area is 87.2 Å². The standard InChI is InChI=1S/C9H11ClN2O2/c10-9-4-8(5-11-12-9)14-7-2-1-3-13-6-7/h4-5,7H,1-3,6H2/t7-/m1/s1. The second kappa shape index (κ2) is 4.57. The third kappa shape index (κ3) is 2.56. The molecule has 76 valence electrons. The van der Waals surface area contributed by atoms with E-state index in [0.29, 0.717) is 17.5 Å². The highest BCUT2D eigenvalue weighted by molar-refractivity contribution is 6.29. The molecule has 1 aliphatic rings. The molecule has 1 aromatic heterocycles. The fourth-order valence-corrected chi connectivity index (χ4v) is 1.54. The quantitative estimate of drug-likeness (QED) is 0.752. The Morgan fingerprint density at radius 1 is 1.57 bits per heavy atom. The number of hydrogen-bond donors (Lipinski definition) is 0. The summed E-state index contributed by atoms with van der Waals surface area (Å²) in [7, 11) is 0. The Kier molecular flexibility index (Phi) is 3.16. The molecule has 5 heteroatoms. The van der Waals surface area contributed by atoms with Crippen LogP contribution in [0, 0.1) is 0 Å².